The fourth-order valence-electron chi connectivity index (χ4n) is 1.48. The fraction of sp³-hybridized carbons (Fsp3) is 0.0833. The van der Waals surface area contributed by atoms with E-state index < -0.39 is 0 Å². The van der Waals surface area contributed by atoms with Crippen LogP contribution in [0.5, 0.6) is 0 Å². The Balaban J connectivity index is 2.01. The molecule has 1 aromatic heterocycles. The number of halogens is 1. The van der Waals surface area contributed by atoms with Gasteiger partial charge in [0.1, 0.15) is 17.3 Å². The number of aromatic nitrogens is 2. The fourth-order valence-corrected chi connectivity index (χ4v) is 1.62. The molecule has 0 unspecified atom stereocenters. The average Bonchev–Trinajstić information content (AvgIpc) is 2.28. The van der Waals surface area contributed by atoms with E-state index in [9.17, 15) is 4.79 Å². The number of carbonyl (C=O) groups is 1. The van der Waals surface area contributed by atoms with Gasteiger partial charge < -0.3 is 11.1 Å². The predicted octanol–water partition coefficient (Wildman–Crippen LogP) is 1.89. The molecule has 5 nitrogen and oxygen atoms in total. The van der Waals surface area contributed by atoms with Gasteiger partial charge in [-0.15, -0.1) is 0 Å². The Morgan fingerprint density at radius 1 is 1.33 bits per heavy atom. The molecule has 2 aromatic rings. The van der Waals surface area contributed by atoms with Crippen LogP contribution in [0.3, 0.4) is 0 Å². The molecule has 2 rings (SSSR count). The monoisotopic (exact) mass is 262 g/mol. The summed E-state index contributed by atoms with van der Waals surface area (Å²) in [6.07, 6.45) is 1.52. The number of hydrogen-bond donors (Lipinski definition) is 2. The molecule has 1 amide bonds. The zero-order valence-corrected chi connectivity index (χ0v) is 10.2. The minimum atomic E-state index is -0.185. The van der Waals surface area contributed by atoms with Crippen molar-refractivity contribution in [2.24, 2.45) is 0 Å². The lowest BCUT2D eigenvalue weighted by atomic mass is 10.1. The van der Waals surface area contributed by atoms with Gasteiger partial charge in [-0.2, -0.15) is 0 Å². The summed E-state index contributed by atoms with van der Waals surface area (Å²) >= 11 is 5.69. The van der Waals surface area contributed by atoms with Crippen molar-refractivity contribution >= 4 is 29.0 Å². The molecule has 0 atom stereocenters. The molecule has 18 heavy (non-hydrogen) atoms. The number of nitrogens with zero attached hydrogens (tertiary/aromatic N) is 2. The van der Waals surface area contributed by atoms with Gasteiger partial charge in [0.15, 0.2) is 0 Å². The molecule has 0 bridgehead atoms. The highest BCUT2D eigenvalue weighted by atomic mass is 35.5. The molecule has 1 heterocycles. The highest BCUT2D eigenvalue weighted by Crippen LogP contribution is 2.11. The first-order valence-corrected chi connectivity index (χ1v) is 5.63. The van der Waals surface area contributed by atoms with Crippen LogP contribution in [0.25, 0.3) is 0 Å². The van der Waals surface area contributed by atoms with Crippen molar-refractivity contribution in [3.63, 3.8) is 0 Å². The topological polar surface area (TPSA) is 80.9 Å². The summed E-state index contributed by atoms with van der Waals surface area (Å²) in [7, 11) is 0. The van der Waals surface area contributed by atoms with Crippen molar-refractivity contribution in [3.8, 4) is 0 Å². The van der Waals surface area contributed by atoms with Crippen molar-refractivity contribution in [1.82, 2.24) is 9.97 Å². The molecule has 0 aliphatic rings. The van der Waals surface area contributed by atoms with Gasteiger partial charge in [-0.3, -0.25) is 4.79 Å². The summed E-state index contributed by atoms with van der Waals surface area (Å²) < 4.78 is 0. The summed E-state index contributed by atoms with van der Waals surface area (Å²) in [5.74, 6) is 0.194. The molecular weight excluding hydrogens is 252 g/mol. The SMILES string of the molecule is Nc1cccc(CC(=O)Nc2cc(Cl)ncn2)c1. The summed E-state index contributed by atoms with van der Waals surface area (Å²) in [6, 6.07) is 8.65. The molecule has 0 aliphatic heterocycles. The first-order chi connectivity index (χ1) is 8.63. The number of nitrogen functional groups attached to an aromatic ring is 1. The number of hydrogen-bond acceptors (Lipinski definition) is 4. The summed E-state index contributed by atoms with van der Waals surface area (Å²) in [5.41, 5.74) is 7.11. The lowest BCUT2D eigenvalue weighted by molar-refractivity contribution is -0.115. The number of nitrogens with two attached hydrogens (primary N) is 1. The van der Waals surface area contributed by atoms with Crippen LogP contribution < -0.4 is 11.1 Å². The lowest BCUT2D eigenvalue weighted by Crippen LogP contribution is -2.15. The maximum absolute atomic E-state index is 11.7. The molecule has 1 aromatic carbocycles. The molecule has 0 fully saturated rings. The van der Waals surface area contributed by atoms with Gasteiger partial charge in [0.25, 0.3) is 0 Å². The second-order valence-electron chi connectivity index (χ2n) is 3.70. The highest BCUT2D eigenvalue weighted by molar-refractivity contribution is 6.29. The second-order valence-corrected chi connectivity index (χ2v) is 4.08. The molecule has 0 spiro atoms. The second kappa shape index (κ2) is 5.46. The van der Waals surface area contributed by atoms with Crippen LogP contribution in [-0.2, 0) is 11.2 Å². The molecule has 0 saturated heterocycles. The predicted molar refractivity (Wildman–Crippen MR) is 70.2 cm³/mol. The zero-order chi connectivity index (χ0) is 13.0. The van der Waals surface area contributed by atoms with Gasteiger partial charge in [-0.25, -0.2) is 9.97 Å². The largest absolute Gasteiger partial charge is 0.399 e. The van der Waals surface area contributed by atoms with E-state index in [1.165, 1.54) is 12.4 Å². The van der Waals surface area contributed by atoms with Gasteiger partial charge in [-0.05, 0) is 17.7 Å². The number of nitrogens with one attached hydrogen (secondary N) is 1. The summed E-state index contributed by atoms with van der Waals surface area (Å²) in [4.78, 5) is 19.4. The maximum atomic E-state index is 11.7. The number of carbonyl (C=O) groups excluding carboxylic acids is 1. The average molecular weight is 263 g/mol. The number of anilines is 2. The molecule has 6 heteroatoms. The summed E-state index contributed by atoms with van der Waals surface area (Å²) in [6.45, 7) is 0. The van der Waals surface area contributed by atoms with Crippen molar-refractivity contribution in [2.45, 2.75) is 6.42 Å². The van der Waals surface area contributed by atoms with Gasteiger partial charge in [0, 0.05) is 11.8 Å². The van der Waals surface area contributed by atoms with E-state index in [1.54, 1.807) is 18.2 Å². The molecule has 0 radical (unpaired) electrons. The van der Waals surface area contributed by atoms with E-state index in [4.69, 9.17) is 17.3 Å². The number of rotatable bonds is 3. The first kappa shape index (κ1) is 12.3. The Labute approximate surface area is 109 Å². The van der Waals surface area contributed by atoms with Crippen LogP contribution in [0.2, 0.25) is 5.15 Å². The Bertz CT molecular complexity index is 524. The van der Waals surface area contributed by atoms with E-state index in [2.05, 4.69) is 15.3 Å². The zero-order valence-electron chi connectivity index (χ0n) is 9.43. The Hall–Kier alpha value is -2.14. The normalized spacial score (nSPS) is 10.1. The van der Waals surface area contributed by atoms with Crippen LogP contribution in [-0.4, -0.2) is 15.9 Å². The van der Waals surface area contributed by atoms with Crippen LogP contribution in [0.1, 0.15) is 5.56 Å². The quantitative estimate of drug-likeness (QED) is 0.654. The Morgan fingerprint density at radius 3 is 2.89 bits per heavy atom. The molecular formula is C12H11ClN4O. The van der Waals surface area contributed by atoms with Crippen molar-refractivity contribution < 1.29 is 4.79 Å². The number of amides is 1. The third-order valence-corrected chi connectivity index (χ3v) is 2.42. The van der Waals surface area contributed by atoms with Gasteiger partial charge >= 0.3 is 0 Å². The van der Waals surface area contributed by atoms with Gasteiger partial charge in [0.2, 0.25) is 5.91 Å². The van der Waals surface area contributed by atoms with E-state index >= 15 is 0 Å². The summed E-state index contributed by atoms with van der Waals surface area (Å²) in [5, 5.41) is 2.92. The molecule has 92 valence electrons. The standard InChI is InChI=1S/C12H11ClN4O/c13-10-6-11(16-7-15-10)17-12(18)5-8-2-1-3-9(14)4-8/h1-4,6-7H,5,14H2,(H,15,16,17,18). The molecule has 0 aliphatic carbocycles. The van der Waals surface area contributed by atoms with Crippen LogP contribution in [0.15, 0.2) is 36.7 Å². The lowest BCUT2D eigenvalue weighted by Gasteiger charge is -2.05. The minimum Gasteiger partial charge on any atom is -0.399 e. The Kier molecular flexibility index (Phi) is 3.74. The first-order valence-electron chi connectivity index (χ1n) is 5.25. The van der Waals surface area contributed by atoms with Gasteiger partial charge in [0.05, 0.1) is 6.42 Å². The van der Waals surface area contributed by atoms with Crippen LogP contribution in [0, 0.1) is 0 Å². The van der Waals surface area contributed by atoms with Crippen LogP contribution in [0.4, 0.5) is 11.5 Å². The molecule has 0 saturated carbocycles. The van der Waals surface area contributed by atoms with Crippen molar-refractivity contribution in [3.05, 3.63) is 47.4 Å². The third kappa shape index (κ3) is 3.43. The number of benzene rings is 1. The maximum Gasteiger partial charge on any atom is 0.229 e. The third-order valence-electron chi connectivity index (χ3n) is 2.22. The van der Waals surface area contributed by atoms with Crippen LogP contribution >= 0.6 is 11.6 Å². The van der Waals surface area contributed by atoms with Crippen molar-refractivity contribution in [1.29, 1.82) is 0 Å². The van der Waals surface area contributed by atoms with E-state index in [0.717, 1.165) is 5.56 Å². The van der Waals surface area contributed by atoms with E-state index in [-0.39, 0.29) is 17.5 Å². The molecule has 3 N–H and O–H groups in total. The Morgan fingerprint density at radius 2 is 2.17 bits per heavy atom. The van der Waals surface area contributed by atoms with E-state index in [0.29, 0.717) is 11.5 Å². The van der Waals surface area contributed by atoms with Crippen molar-refractivity contribution in [2.75, 3.05) is 11.1 Å². The minimum absolute atomic E-state index is 0.185. The smallest absolute Gasteiger partial charge is 0.229 e. The van der Waals surface area contributed by atoms with Gasteiger partial charge in [-0.1, -0.05) is 23.7 Å². The highest BCUT2D eigenvalue weighted by Gasteiger charge is 2.05. The van der Waals surface area contributed by atoms with E-state index in [1.807, 2.05) is 6.07 Å².